The Balaban J connectivity index is 2.23. The Morgan fingerprint density at radius 2 is 2.16 bits per heavy atom. The molecule has 1 atom stereocenters. The topological polar surface area (TPSA) is 79.3 Å². The first kappa shape index (κ1) is 13.0. The summed E-state index contributed by atoms with van der Waals surface area (Å²) >= 11 is 0. The zero-order valence-corrected chi connectivity index (χ0v) is 10.5. The number of hydrogen-bond acceptors (Lipinski definition) is 3. The first-order valence-corrected chi connectivity index (χ1v) is 5.90. The van der Waals surface area contributed by atoms with Gasteiger partial charge in [-0.05, 0) is 23.8 Å². The standard InChI is InChI=1S/C14H14N2O3/c1-9(17)16-13(14(18)19)8-10-4-5-12-11(7-10)3-2-6-15-12/h2-7,13H,8H2,1H3,(H,16,17)(H,18,19)/t13-/m0/s1. The van der Waals surface area contributed by atoms with Crippen molar-refractivity contribution < 1.29 is 14.7 Å². The van der Waals surface area contributed by atoms with Gasteiger partial charge in [-0.15, -0.1) is 0 Å². The average molecular weight is 258 g/mol. The second kappa shape index (κ2) is 5.48. The maximum atomic E-state index is 11.1. The molecule has 0 unspecified atom stereocenters. The van der Waals surface area contributed by atoms with E-state index in [0.717, 1.165) is 16.5 Å². The monoisotopic (exact) mass is 258 g/mol. The Hall–Kier alpha value is -2.43. The van der Waals surface area contributed by atoms with E-state index in [1.54, 1.807) is 6.20 Å². The fourth-order valence-electron chi connectivity index (χ4n) is 1.93. The fourth-order valence-corrected chi connectivity index (χ4v) is 1.93. The molecule has 2 N–H and O–H groups in total. The molecule has 1 aromatic heterocycles. The number of fused-ring (bicyclic) bond motifs is 1. The van der Waals surface area contributed by atoms with E-state index in [2.05, 4.69) is 10.3 Å². The second-order valence-corrected chi connectivity index (χ2v) is 4.33. The van der Waals surface area contributed by atoms with Crippen LogP contribution in [0.4, 0.5) is 0 Å². The van der Waals surface area contributed by atoms with Gasteiger partial charge in [-0.25, -0.2) is 4.79 Å². The number of aromatic nitrogens is 1. The third-order valence-electron chi connectivity index (χ3n) is 2.78. The molecule has 2 rings (SSSR count). The smallest absolute Gasteiger partial charge is 0.326 e. The minimum Gasteiger partial charge on any atom is -0.480 e. The number of carboxylic acid groups (broad SMARTS) is 1. The summed E-state index contributed by atoms with van der Waals surface area (Å²) in [6.45, 7) is 1.31. The summed E-state index contributed by atoms with van der Waals surface area (Å²) in [5.41, 5.74) is 1.71. The number of rotatable bonds is 4. The lowest BCUT2D eigenvalue weighted by Gasteiger charge is -2.13. The molecular weight excluding hydrogens is 244 g/mol. The zero-order chi connectivity index (χ0) is 13.8. The molecule has 0 radical (unpaired) electrons. The van der Waals surface area contributed by atoms with E-state index < -0.39 is 12.0 Å². The molecule has 0 saturated heterocycles. The fraction of sp³-hybridized carbons (Fsp3) is 0.214. The number of amides is 1. The van der Waals surface area contributed by atoms with Crippen molar-refractivity contribution in [1.29, 1.82) is 0 Å². The quantitative estimate of drug-likeness (QED) is 0.868. The van der Waals surface area contributed by atoms with Crippen molar-refractivity contribution in [3.05, 3.63) is 42.1 Å². The number of carbonyl (C=O) groups is 2. The van der Waals surface area contributed by atoms with Crippen molar-refractivity contribution in [2.45, 2.75) is 19.4 Å². The van der Waals surface area contributed by atoms with E-state index >= 15 is 0 Å². The molecule has 0 aliphatic heterocycles. The van der Waals surface area contributed by atoms with E-state index in [1.165, 1.54) is 6.92 Å². The van der Waals surface area contributed by atoms with Crippen LogP contribution in [-0.2, 0) is 16.0 Å². The Kier molecular flexibility index (Phi) is 3.75. The summed E-state index contributed by atoms with van der Waals surface area (Å²) < 4.78 is 0. The molecule has 5 nitrogen and oxygen atoms in total. The lowest BCUT2D eigenvalue weighted by molar-refractivity contribution is -0.141. The van der Waals surface area contributed by atoms with Gasteiger partial charge in [0.1, 0.15) is 6.04 Å². The summed E-state index contributed by atoms with van der Waals surface area (Å²) in [4.78, 5) is 26.3. The summed E-state index contributed by atoms with van der Waals surface area (Å²) in [6, 6.07) is 8.39. The van der Waals surface area contributed by atoms with Crippen LogP contribution < -0.4 is 5.32 Å². The minimum atomic E-state index is -1.04. The van der Waals surface area contributed by atoms with Crippen LogP contribution in [0.2, 0.25) is 0 Å². The van der Waals surface area contributed by atoms with Crippen molar-refractivity contribution in [3.8, 4) is 0 Å². The minimum absolute atomic E-state index is 0.250. The van der Waals surface area contributed by atoms with Crippen molar-refractivity contribution in [1.82, 2.24) is 10.3 Å². The molecule has 0 fully saturated rings. The number of nitrogens with zero attached hydrogens (tertiary/aromatic N) is 1. The zero-order valence-electron chi connectivity index (χ0n) is 10.5. The lowest BCUT2D eigenvalue weighted by atomic mass is 10.0. The van der Waals surface area contributed by atoms with Gasteiger partial charge in [-0.1, -0.05) is 12.1 Å². The van der Waals surface area contributed by atoms with E-state index in [1.807, 2.05) is 30.3 Å². The van der Waals surface area contributed by atoms with Gasteiger partial charge in [0.15, 0.2) is 0 Å². The molecular formula is C14H14N2O3. The molecule has 19 heavy (non-hydrogen) atoms. The molecule has 1 heterocycles. The van der Waals surface area contributed by atoms with Crippen LogP contribution in [-0.4, -0.2) is 28.0 Å². The number of hydrogen-bond donors (Lipinski definition) is 2. The summed E-state index contributed by atoms with van der Waals surface area (Å²) in [6.07, 6.45) is 1.96. The number of pyridine rings is 1. The Morgan fingerprint density at radius 3 is 2.84 bits per heavy atom. The van der Waals surface area contributed by atoms with Crippen LogP contribution >= 0.6 is 0 Å². The lowest BCUT2D eigenvalue weighted by Crippen LogP contribution is -2.41. The highest BCUT2D eigenvalue weighted by Crippen LogP contribution is 2.14. The largest absolute Gasteiger partial charge is 0.480 e. The van der Waals surface area contributed by atoms with Gasteiger partial charge < -0.3 is 10.4 Å². The van der Waals surface area contributed by atoms with Gasteiger partial charge in [0, 0.05) is 24.9 Å². The SMILES string of the molecule is CC(=O)N[C@@H](Cc1ccc2ncccc2c1)C(=O)O. The van der Waals surface area contributed by atoms with Crippen molar-refractivity contribution in [2.24, 2.45) is 0 Å². The summed E-state index contributed by atoms with van der Waals surface area (Å²) in [5.74, 6) is -1.39. The summed E-state index contributed by atoms with van der Waals surface area (Å²) in [7, 11) is 0. The molecule has 0 aliphatic rings. The van der Waals surface area contributed by atoms with E-state index in [9.17, 15) is 9.59 Å². The van der Waals surface area contributed by atoms with Crippen LogP contribution in [0.3, 0.4) is 0 Å². The molecule has 1 aromatic carbocycles. The molecule has 2 aromatic rings. The van der Waals surface area contributed by atoms with Crippen molar-refractivity contribution >= 4 is 22.8 Å². The Morgan fingerprint density at radius 1 is 1.37 bits per heavy atom. The number of nitrogens with one attached hydrogen (secondary N) is 1. The third-order valence-corrected chi connectivity index (χ3v) is 2.78. The van der Waals surface area contributed by atoms with Crippen LogP contribution in [0.25, 0.3) is 10.9 Å². The van der Waals surface area contributed by atoms with Gasteiger partial charge in [-0.2, -0.15) is 0 Å². The molecule has 0 spiro atoms. The molecule has 1 amide bonds. The van der Waals surface area contributed by atoms with Gasteiger partial charge in [-0.3, -0.25) is 9.78 Å². The number of benzene rings is 1. The third kappa shape index (κ3) is 3.28. The number of carboxylic acids is 1. The predicted molar refractivity (Wildman–Crippen MR) is 70.7 cm³/mol. The Labute approximate surface area is 110 Å². The van der Waals surface area contributed by atoms with Crippen molar-refractivity contribution in [3.63, 3.8) is 0 Å². The highest BCUT2D eigenvalue weighted by Gasteiger charge is 2.18. The maximum Gasteiger partial charge on any atom is 0.326 e. The van der Waals surface area contributed by atoms with Crippen LogP contribution in [0.15, 0.2) is 36.5 Å². The predicted octanol–water partition coefficient (Wildman–Crippen LogP) is 1.37. The molecule has 0 bridgehead atoms. The van der Waals surface area contributed by atoms with E-state index in [-0.39, 0.29) is 12.3 Å². The van der Waals surface area contributed by atoms with Gasteiger partial charge >= 0.3 is 5.97 Å². The van der Waals surface area contributed by atoms with Gasteiger partial charge in [0.05, 0.1) is 5.52 Å². The average Bonchev–Trinajstić information content (AvgIpc) is 2.37. The second-order valence-electron chi connectivity index (χ2n) is 4.33. The van der Waals surface area contributed by atoms with Crippen LogP contribution in [0.1, 0.15) is 12.5 Å². The number of aliphatic carboxylic acids is 1. The number of carbonyl (C=O) groups excluding carboxylic acids is 1. The van der Waals surface area contributed by atoms with Crippen LogP contribution in [0.5, 0.6) is 0 Å². The molecule has 98 valence electrons. The van der Waals surface area contributed by atoms with Crippen molar-refractivity contribution in [2.75, 3.05) is 0 Å². The first-order chi connectivity index (χ1) is 9.06. The molecule has 0 saturated carbocycles. The molecule has 5 heteroatoms. The first-order valence-electron chi connectivity index (χ1n) is 5.90. The normalized spacial score (nSPS) is 12.1. The highest BCUT2D eigenvalue weighted by atomic mass is 16.4. The van der Waals surface area contributed by atoms with E-state index in [4.69, 9.17) is 5.11 Å². The van der Waals surface area contributed by atoms with E-state index in [0.29, 0.717) is 0 Å². The maximum absolute atomic E-state index is 11.1. The molecule has 0 aliphatic carbocycles. The van der Waals surface area contributed by atoms with Gasteiger partial charge in [0.25, 0.3) is 0 Å². The Bertz CT molecular complexity index is 625. The van der Waals surface area contributed by atoms with Crippen LogP contribution in [0, 0.1) is 0 Å². The van der Waals surface area contributed by atoms with Gasteiger partial charge in [0.2, 0.25) is 5.91 Å². The summed E-state index contributed by atoms with van der Waals surface area (Å²) in [5, 5.41) is 12.4. The highest BCUT2D eigenvalue weighted by molar-refractivity contribution is 5.83.